The van der Waals surface area contributed by atoms with Crippen molar-refractivity contribution in [1.82, 2.24) is 0 Å². The van der Waals surface area contributed by atoms with Crippen LogP contribution in [0.15, 0.2) is 90.3 Å². The minimum atomic E-state index is -0.478. The van der Waals surface area contributed by atoms with E-state index < -0.39 is 5.60 Å². The maximum Gasteiger partial charge on any atom is 0.148 e. The Kier molecular flexibility index (Phi) is 5.23. The molecule has 1 heterocycles. The Labute approximate surface area is 164 Å². The van der Waals surface area contributed by atoms with Crippen LogP contribution in [-0.4, -0.2) is 6.54 Å². The molecule has 1 atom stereocenters. The summed E-state index contributed by atoms with van der Waals surface area (Å²) in [4.78, 5) is 1.21. The van der Waals surface area contributed by atoms with Crippen LogP contribution in [0.4, 0.5) is 0 Å². The SMILES string of the molecule is NCCC(Cc1ccccc1)(Oc1cccc2ccccc12)c1cccs1. The van der Waals surface area contributed by atoms with Gasteiger partial charge in [0, 0.05) is 23.1 Å². The number of rotatable bonds is 7. The van der Waals surface area contributed by atoms with Gasteiger partial charge < -0.3 is 10.5 Å². The van der Waals surface area contributed by atoms with E-state index in [1.807, 2.05) is 6.07 Å². The molecule has 0 radical (unpaired) electrons. The van der Waals surface area contributed by atoms with E-state index in [-0.39, 0.29) is 0 Å². The maximum absolute atomic E-state index is 6.83. The van der Waals surface area contributed by atoms with Crippen LogP contribution < -0.4 is 10.5 Å². The Hall–Kier alpha value is -2.62. The molecule has 4 aromatic rings. The van der Waals surface area contributed by atoms with E-state index in [0.717, 1.165) is 24.0 Å². The van der Waals surface area contributed by atoms with Crippen LogP contribution in [0, 0.1) is 0 Å². The lowest BCUT2D eigenvalue weighted by molar-refractivity contribution is 0.0647. The summed E-state index contributed by atoms with van der Waals surface area (Å²) < 4.78 is 6.83. The second kappa shape index (κ2) is 7.95. The normalized spacial score (nSPS) is 13.4. The van der Waals surface area contributed by atoms with Crippen molar-refractivity contribution in [1.29, 1.82) is 0 Å². The first-order valence-electron chi connectivity index (χ1n) is 9.25. The van der Waals surface area contributed by atoms with Crippen LogP contribution in [0.1, 0.15) is 16.9 Å². The second-order valence-corrected chi connectivity index (χ2v) is 7.70. The van der Waals surface area contributed by atoms with Crippen LogP contribution in [0.25, 0.3) is 10.8 Å². The lowest BCUT2D eigenvalue weighted by Crippen LogP contribution is -2.37. The fourth-order valence-corrected chi connectivity index (χ4v) is 4.52. The smallest absolute Gasteiger partial charge is 0.148 e. The Morgan fingerprint density at radius 3 is 2.37 bits per heavy atom. The lowest BCUT2D eigenvalue weighted by atomic mass is 9.89. The molecule has 0 aliphatic heterocycles. The summed E-state index contributed by atoms with van der Waals surface area (Å²) in [6, 6.07) is 29.4. The standard InChI is InChI=1S/C24H23NOS/c25-16-15-24(23-14-7-17-27-23,18-19-8-2-1-3-9-19)26-22-13-6-11-20-10-4-5-12-21(20)22/h1-14,17H,15-16,18,25H2. The molecule has 0 saturated carbocycles. The van der Waals surface area contributed by atoms with E-state index >= 15 is 0 Å². The van der Waals surface area contributed by atoms with Gasteiger partial charge in [-0.25, -0.2) is 0 Å². The summed E-state index contributed by atoms with van der Waals surface area (Å²) in [6.45, 7) is 0.565. The number of benzene rings is 3. The average molecular weight is 374 g/mol. The van der Waals surface area contributed by atoms with Gasteiger partial charge in [-0.2, -0.15) is 0 Å². The molecule has 3 aromatic carbocycles. The molecular formula is C24H23NOS. The monoisotopic (exact) mass is 373 g/mol. The van der Waals surface area contributed by atoms with Gasteiger partial charge in [0.2, 0.25) is 0 Å². The predicted octanol–water partition coefficient (Wildman–Crippen LogP) is 5.77. The van der Waals surface area contributed by atoms with Crippen LogP contribution in [0.5, 0.6) is 5.75 Å². The van der Waals surface area contributed by atoms with Crippen LogP contribution >= 0.6 is 11.3 Å². The van der Waals surface area contributed by atoms with Gasteiger partial charge in [-0.05, 0) is 35.0 Å². The number of hydrogen-bond donors (Lipinski definition) is 1. The van der Waals surface area contributed by atoms with Crippen molar-refractivity contribution in [2.75, 3.05) is 6.54 Å². The van der Waals surface area contributed by atoms with Crippen molar-refractivity contribution in [2.24, 2.45) is 5.73 Å². The van der Waals surface area contributed by atoms with Gasteiger partial charge >= 0.3 is 0 Å². The highest BCUT2D eigenvalue weighted by Gasteiger charge is 2.35. The van der Waals surface area contributed by atoms with Gasteiger partial charge in [-0.15, -0.1) is 11.3 Å². The molecule has 0 fully saturated rings. The van der Waals surface area contributed by atoms with Crippen molar-refractivity contribution < 1.29 is 4.74 Å². The summed E-state index contributed by atoms with van der Waals surface area (Å²) in [5.41, 5.74) is 6.84. The van der Waals surface area contributed by atoms with Crippen LogP contribution in [-0.2, 0) is 12.0 Å². The number of thiophene rings is 1. The van der Waals surface area contributed by atoms with Crippen LogP contribution in [0.2, 0.25) is 0 Å². The predicted molar refractivity (Wildman–Crippen MR) is 114 cm³/mol. The van der Waals surface area contributed by atoms with Crippen molar-refractivity contribution >= 4 is 22.1 Å². The quantitative estimate of drug-likeness (QED) is 0.446. The molecule has 1 aromatic heterocycles. The molecule has 0 spiro atoms. The Morgan fingerprint density at radius 1 is 0.815 bits per heavy atom. The van der Waals surface area contributed by atoms with E-state index in [2.05, 4.69) is 84.2 Å². The lowest BCUT2D eigenvalue weighted by Gasteiger charge is -2.34. The van der Waals surface area contributed by atoms with Gasteiger partial charge in [0.25, 0.3) is 0 Å². The third-order valence-electron chi connectivity index (χ3n) is 4.91. The van der Waals surface area contributed by atoms with E-state index in [4.69, 9.17) is 10.5 Å². The Bertz CT molecular complexity index is 992. The minimum absolute atomic E-state index is 0.478. The van der Waals surface area contributed by atoms with E-state index in [1.165, 1.54) is 15.8 Å². The van der Waals surface area contributed by atoms with E-state index in [0.29, 0.717) is 6.54 Å². The van der Waals surface area contributed by atoms with Crippen molar-refractivity contribution in [3.63, 3.8) is 0 Å². The molecule has 4 rings (SSSR count). The zero-order valence-corrected chi connectivity index (χ0v) is 16.0. The highest BCUT2D eigenvalue weighted by molar-refractivity contribution is 7.10. The largest absolute Gasteiger partial charge is 0.481 e. The molecule has 2 N–H and O–H groups in total. The maximum atomic E-state index is 6.83. The third kappa shape index (κ3) is 3.75. The number of nitrogens with two attached hydrogens (primary N) is 1. The van der Waals surface area contributed by atoms with Gasteiger partial charge in [-0.3, -0.25) is 0 Å². The summed E-state index contributed by atoms with van der Waals surface area (Å²) in [6.07, 6.45) is 1.54. The number of ether oxygens (including phenoxy) is 1. The molecule has 2 nitrogen and oxygen atoms in total. The van der Waals surface area contributed by atoms with Gasteiger partial charge in [0.15, 0.2) is 0 Å². The fourth-order valence-electron chi connectivity index (χ4n) is 3.63. The summed E-state index contributed by atoms with van der Waals surface area (Å²) in [5, 5.41) is 4.42. The summed E-state index contributed by atoms with van der Waals surface area (Å²) in [5.74, 6) is 0.908. The summed E-state index contributed by atoms with van der Waals surface area (Å²) in [7, 11) is 0. The molecular weight excluding hydrogens is 350 g/mol. The molecule has 136 valence electrons. The molecule has 0 saturated heterocycles. The molecule has 1 unspecified atom stereocenters. The third-order valence-corrected chi connectivity index (χ3v) is 5.96. The molecule has 3 heteroatoms. The Morgan fingerprint density at radius 2 is 1.59 bits per heavy atom. The van der Waals surface area contributed by atoms with Crippen molar-refractivity contribution in [3.8, 4) is 5.75 Å². The van der Waals surface area contributed by atoms with Gasteiger partial charge in [0.1, 0.15) is 11.4 Å². The average Bonchev–Trinajstić information content (AvgIpc) is 3.25. The summed E-state index contributed by atoms with van der Waals surface area (Å²) >= 11 is 1.73. The zero-order valence-electron chi connectivity index (χ0n) is 15.2. The highest BCUT2D eigenvalue weighted by Crippen LogP contribution is 2.39. The first kappa shape index (κ1) is 17.8. The molecule has 0 amide bonds. The fraction of sp³-hybridized carbons (Fsp3) is 0.167. The zero-order chi connectivity index (χ0) is 18.5. The van der Waals surface area contributed by atoms with E-state index in [9.17, 15) is 0 Å². The highest BCUT2D eigenvalue weighted by atomic mass is 32.1. The van der Waals surface area contributed by atoms with Crippen molar-refractivity contribution in [2.45, 2.75) is 18.4 Å². The molecule has 0 bridgehead atoms. The number of hydrogen-bond acceptors (Lipinski definition) is 3. The topological polar surface area (TPSA) is 35.2 Å². The van der Waals surface area contributed by atoms with Gasteiger partial charge in [-0.1, -0.05) is 72.8 Å². The Balaban J connectivity index is 1.81. The van der Waals surface area contributed by atoms with Gasteiger partial charge in [0.05, 0.1) is 0 Å². The molecule has 0 aliphatic carbocycles. The molecule has 0 aliphatic rings. The van der Waals surface area contributed by atoms with E-state index in [1.54, 1.807) is 11.3 Å². The molecule has 27 heavy (non-hydrogen) atoms. The first-order valence-corrected chi connectivity index (χ1v) is 10.1. The second-order valence-electron chi connectivity index (χ2n) is 6.75. The number of fused-ring (bicyclic) bond motifs is 1. The van der Waals surface area contributed by atoms with Crippen molar-refractivity contribution in [3.05, 3.63) is 101 Å². The first-order chi connectivity index (χ1) is 13.3. The minimum Gasteiger partial charge on any atom is -0.481 e. The van der Waals surface area contributed by atoms with Crippen LogP contribution in [0.3, 0.4) is 0 Å².